The molecule has 0 aliphatic rings. The largest absolute Gasteiger partial charge is 0.400 e. The number of aliphatic hydroxyl groups is 2. The van der Waals surface area contributed by atoms with E-state index in [1.165, 1.54) is 0 Å². The average Bonchev–Trinajstić information content (AvgIpc) is 1.68. The van der Waals surface area contributed by atoms with Crippen LogP contribution in [0, 0.1) is 5.92 Å². The topological polar surface area (TPSA) is 40.5 Å². The number of hydrogen-bond donors (Lipinski definition) is 2. The van der Waals surface area contributed by atoms with E-state index in [1.54, 1.807) is 0 Å². The van der Waals surface area contributed by atoms with Crippen LogP contribution in [-0.4, -0.2) is 23.4 Å². The molecule has 0 saturated heterocycles. The van der Waals surface area contributed by atoms with E-state index in [9.17, 15) is 0 Å². The standard InChI is InChI=1S/C6H14O.CH4O/c1-5(2)4-6(3)7;1-2/h5-7H,4H2,1-3H3;2H,1H3. The SMILES string of the molecule is CC(C)CC(C)O.CO. The summed E-state index contributed by atoms with van der Waals surface area (Å²) >= 11 is 0. The first-order valence-electron chi connectivity index (χ1n) is 3.25. The highest BCUT2D eigenvalue weighted by molar-refractivity contribution is 4.49. The zero-order chi connectivity index (χ0) is 7.86. The van der Waals surface area contributed by atoms with Crippen molar-refractivity contribution in [2.24, 2.45) is 5.92 Å². The van der Waals surface area contributed by atoms with E-state index in [1.807, 2.05) is 6.92 Å². The first-order chi connectivity index (χ1) is 4.13. The zero-order valence-electron chi connectivity index (χ0n) is 6.76. The molecule has 2 heteroatoms. The van der Waals surface area contributed by atoms with E-state index in [2.05, 4.69) is 13.8 Å². The van der Waals surface area contributed by atoms with Crippen LogP contribution >= 0.6 is 0 Å². The lowest BCUT2D eigenvalue weighted by molar-refractivity contribution is 0.168. The van der Waals surface area contributed by atoms with Gasteiger partial charge in [0.1, 0.15) is 0 Å². The normalized spacial score (nSPS) is 12.3. The highest BCUT2D eigenvalue weighted by Gasteiger charge is 1.97. The van der Waals surface area contributed by atoms with Gasteiger partial charge in [-0.1, -0.05) is 13.8 Å². The van der Waals surface area contributed by atoms with Gasteiger partial charge in [-0.25, -0.2) is 0 Å². The average molecular weight is 134 g/mol. The van der Waals surface area contributed by atoms with Crippen LogP contribution in [0.3, 0.4) is 0 Å². The van der Waals surface area contributed by atoms with E-state index < -0.39 is 0 Å². The Morgan fingerprint density at radius 1 is 1.11 bits per heavy atom. The van der Waals surface area contributed by atoms with Gasteiger partial charge in [0.2, 0.25) is 0 Å². The molecule has 2 N–H and O–H groups in total. The quantitative estimate of drug-likeness (QED) is 0.592. The Morgan fingerprint density at radius 2 is 1.44 bits per heavy atom. The van der Waals surface area contributed by atoms with Gasteiger partial charge >= 0.3 is 0 Å². The molecule has 0 rings (SSSR count). The van der Waals surface area contributed by atoms with Gasteiger partial charge in [-0.15, -0.1) is 0 Å². The number of hydrogen-bond acceptors (Lipinski definition) is 2. The van der Waals surface area contributed by atoms with E-state index >= 15 is 0 Å². The second kappa shape index (κ2) is 7.92. The third-order valence-electron chi connectivity index (χ3n) is 0.813. The molecule has 0 radical (unpaired) electrons. The molecule has 0 bridgehead atoms. The second-order valence-electron chi connectivity index (χ2n) is 2.48. The Labute approximate surface area is 57.5 Å². The Kier molecular flexibility index (Phi) is 10.3. The summed E-state index contributed by atoms with van der Waals surface area (Å²) in [4.78, 5) is 0. The van der Waals surface area contributed by atoms with Crippen LogP contribution < -0.4 is 0 Å². The molecule has 0 aliphatic heterocycles. The molecule has 0 amide bonds. The molecule has 0 aromatic heterocycles. The van der Waals surface area contributed by atoms with Crippen molar-refractivity contribution in [2.75, 3.05) is 7.11 Å². The first kappa shape index (κ1) is 11.7. The summed E-state index contributed by atoms with van der Waals surface area (Å²) in [6, 6.07) is 0. The highest BCUT2D eigenvalue weighted by atomic mass is 16.3. The minimum atomic E-state index is -0.125. The smallest absolute Gasteiger partial charge is 0.0514 e. The molecule has 9 heavy (non-hydrogen) atoms. The van der Waals surface area contributed by atoms with Gasteiger partial charge in [0.25, 0.3) is 0 Å². The first-order valence-corrected chi connectivity index (χ1v) is 3.25. The fourth-order valence-corrected chi connectivity index (χ4v) is 0.682. The van der Waals surface area contributed by atoms with E-state index in [4.69, 9.17) is 10.2 Å². The summed E-state index contributed by atoms with van der Waals surface area (Å²) in [5, 5.41) is 15.7. The summed E-state index contributed by atoms with van der Waals surface area (Å²) < 4.78 is 0. The Bertz CT molecular complexity index is 36.2. The lowest BCUT2D eigenvalue weighted by Crippen LogP contribution is -2.03. The monoisotopic (exact) mass is 134 g/mol. The predicted octanol–water partition coefficient (Wildman–Crippen LogP) is 1.02. The van der Waals surface area contributed by atoms with Gasteiger partial charge in [-0.05, 0) is 19.3 Å². The van der Waals surface area contributed by atoms with Crippen molar-refractivity contribution < 1.29 is 10.2 Å². The van der Waals surface area contributed by atoms with E-state index in [-0.39, 0.29) is 6.10 Å². The molecular weight excluding hydrogens is 116 g/mol. The van der Waals surface area contributed by atoms with Crippen molar-refractivity contribution in [2.45, 2.75) is 33.3 Å². The maximum atomic E-state index is 8.72. The molecule has 0 aromatic carbocycles. The van der Waals surface area contributed by atoms with Gasteiger partial charge in [0, 0.05) is 7.11 Å². The molecule has 0 fully saturated rings. The van der Waals surface area contributed by atoms with Gasteiger partial charge in [-0.2, -0.15) is 0 Å². The lowest BCUT2D eigenvalue weighted by atomic mass is 10.1. The third kappa shape index (κ3) is 18.1. The zero-order valence-corrected chi connectivity index (χ0v) is 6.76. The molecule has 0 aromatic rings. The second-order valence-corrected chi connectivity index (χ2v) is 2.48. The Morgan fingerprint density at radius 3 is 1.44 bits per heavy atom. The minimum absolute atomic E-state index is 0.125. The third-order valence-corrected chi connectivity index (χ3v) is 0.813. The number of rotatable bonds is 2. The Hall–Kier alpha value is -0.0800. The minimum Gasteiger partial charge on any atom is -0.400 e. The van der Waals surface area contributed by atoms with Crippen molar-refractivity contribution >= 4 is 0 Å². The van der Waals surface area contributed by atoms with Crippen molar-refractivity contribution in [1.29, 1.82) is 0 Å². The van der Waals surface area contributed by atoms with E-state index in [0.29, 0.717) is 5.92 Å². The summed E-state index contributed by atoms with van der Waals surface area (Å²) in [7, 11) is 1.00. The van der Waals surface area contributed by atoms with Crippen molar-refractivity contribution in [1.82, 2.24) is 0 Å². The molecule has 0 spiro atoms. The maximum absolute atomic E-state index is 8.72. The molecule has 0 aliphatic carbocycles. The van der Waals surface area contributed by atoms with Crippen molar-refractivity contribution in [3.05, 3.63) is 0 Å². The van der Waals surface area contributed by atoms with Crippen LogP contribution in [0.1, 0.15) is 27.2 Å². The summed E-state index contributed by atoms with van der Waals surface area (Å²) in [6.45, 7) is 6.03. The summed E-state index contributed by atoms with van der Waals surface area (Å²) in [6.07, 6.45) is 0.792. The molecule has 2 nitrogen and oxygen atoms in total. The van der Waals surface area contributed by atoms with Gasteiger partial charge in [-0.3, -0.25) is 0 Å². The molecule has 0 heterocycles. The fraction of sp³-hybridized carbons (Fsp3) is 1.00. The molecule has 1 atom stereocenters. The summed E-state index contributed by atoms with van der Waals surface area (Å²) in [5.41, 5.74) is 0. The predicted molar refractivity (Wildman–Crippen MR) is 39.3 cm³/mol. The van der Waals surface area contributed by atoms with Gasteiger partial charge in [0.05, 0.1) is 6.10 Å². The molecular formula is C7H18O2. The van der Waals surface area contributed by atoms with Crippen LogP contribution in [0.15, 0.2) is 0 Å². The molecule has 58 valence electrons. The Balaban J connectivity index is 0. The van der Waals surface area contributed by atoms with Crippen LogP contribution in [0.25, 0.3) is 0 Å². The van der Waals surface area contributed by atoms with Crippen molar-refractivity contribution in [3.63, 3.8) is 0 Å². The number of aliphatic hydroxyl groups excluding tert-OH is 2. The molecule has 0 saturated carbocycles. The maximum Gasteiger partial charge on any atom is 0.0514 e. The highest BCUT2D eigenvalue weighted by Crippen LogP contribution is 2.01. The van der Waals surface area contributed by atoms with Gasteiger partial charge < -0.3 is 10.2 Å². The fourth-order valence-electron chi connectivity index (χ4n) is 0.682. The van der Waals surface area contributed by atoms with Crippen LogP contribution in [0.5, 0.6) is 0 Å². The van der Waals surface area contributed by atoms with Crippen LogP contribution in [0.2, 0.25) is 0 Å². The lowest BCUT2D eigenvalue weighted by Gasteiger charge is -2.04. The van der Waals surface area contributed by atoms with E-state index in [0.717, 1.165) is 13.5 Å². The van der Waals surface area contributed by atoms with Crippen molar-refractivity contribution in [3.8, 4) is 0 Å². The molecule has 1 unspecified atom stereocenters. The summed E-state index contributed by atoms with van der Waals surface area (Å²) in [5.74, 6) is 0.625. The van der Waals surface area contributed by atoms with Gasteiger partial charge in [0.15, 0.2) is 0 Å². The van der Waals surface area contributed by atoms with Crippen LogP contribution in [0.4, 0.5) is 0 Å². The van der Waals surface area contributed by atoms with Crippen LogP contribution in [-0.2, 0) is 0 Å².